The van der Waals surface area contributed by atoms with Crippen LogP contribution in [0.15, 0.2) is 83.9 Å². The standard InChI is InChI=1S/C27H27NO3/c1-18-9-13-21(14-10-18)27(22-15-11-19(2)12-16-22)25(31-27)26-28-23(17-29-3)24(30-26)20-7-5-4-6-8-20/h4-16,23-25H,17H2,1-3H3/t23-,24-,25+/m0/s1/i25D. The highest BCUT2D eigenvalue weighted by Gasteiger charge is 2.64. The van der Waals surface area contributed by atoms with Gasteiger partial charge in [-0.2, -0.15) is 0 Å². The van der Waals surface area contributed by atoms with Gasteiger partial charge in [-0.05, 0) is 30.5 Å². The fraction of sp³-hybridized carbons (Fsp3) is 0.296. The van der Waals surface area contributed by atoms with Gasteiger partial charge >= 0.3 is 0 Å². The summed E-state index contributed by atoms with van der Waals surface area (Å²) in [6.45, 7) is 4.50. The summed E-state index contributed by atoms with van der Waals surface area (Å²) in [5.41, 5.74) is 4.18. The number of hydrogen-bond donors (Lipinski definition) is 0. The zero-order valence-electron chi connectivity index (χ0n) is 19.0. The fourth-order valence-electron chi connectivity index (χ4n) is 4.23. The molecular formula is C27H27NO3. The summed E-state index contributed by atoms with van der Waals surface area (Å²) in [6.07, 6.45) is -1.76. The maximum absolute atomic E-state index is 9.38. The fourth-order valence-corrected chi connectivity index (χ4v) is 4.23. The second-order valence-corrected chi connectivity index (χ2v) is 8.25. The largest absolute Gasteiger partial charge is 0.468 e. The zero-order valence-corrected chi connectivity index (χ0v) is 18.0. The third kappa shape index (κ3) is 3.56. The highest BCUT2D eigenvalue weighted by molar-refractivity contribution is 5.88. The van der Waals surface area contributed by atoms with E-state index in [9.17, 15) is 1.37 Å². The predicted octanol–water partition coefficient (Wildman–Crippen LogP) is 5.13. The van der Waals surface area contributed by atoms with Gasteiger partial charge in [0, 0.05) is 7.11 Å². The van der Waals surface area contributed by atoms with E-state index in [1.165, 1.54) is 0 Å². The average Bonchev–Trinajstić information content (AvgIpc) is 3.23. The number of nitrogens with zero attached hydrogens (tertiary/aromatic N) is 1. The summed E-state index contributed by atoms with van der Waals surface area (Å²) >= 11 is 0. The van der Waals surface area contributed by atoms with Crippen LogP contribution in [-0.4, -0.2) is 31.7 Å². The van der Waals surface area contributed by atoms with Crippen LogP contribution >= 0.6 is 0 Å². The van der Waals surface area contributed by atoms with E-state index < -0.39 is 11.7 Å². The Balaban J connectivity index is 1.56. The normalized spacial score (nSPS) is 26.7. The van der Waals surface area contributed by atoms with Crippen molar-refractivity contribution >= 4 is 5.90 Å². The van der Waals surface area contributed by atoms with Crippen molar-refractivity contribution < 1.29 is 15.6 Å². The molecule has 3 atom stereocenters. The summed E-state index contributed by atoms with van der Waals surface area (Å²) in [5, 5.41) is 0. The van der Waals surface area contributed by atoms with Crippen LogP contribution in [0.4, 0.5) is 0 Å². The van der Waals surface area contributed by atoms with Crippen molar-refractivity contribution in [1.82, 2.24) is 0 Å². The molecule has 158 valence electrons. The first-order chi connectivity index (χ1) is 15.5. The van der Waals surface area contributed by atoms with Crippen LogP contribution in [0.5, 0.6) is 0 Å². The molecule has 1 fully saturated rings. The highest BCUT2D eigenvalue weighted by atomic mass is 16.6. The molecule has 0 bridgehead atoms. The number of aliphatic imine (C=N–C) groups is 1. The molecule has 0 unspecified atom stereocenters. The molecule has 4 heteroatoms. The van der Waals surface area contributed by atoms with Crippen LogP contribution < -0.4 is 0 Å². The monoisotopic (exact) mass is 414 g/mol. The maximum Gasteiger partial charge on any atom is 0.218 e. The third-order valence-corrected chi connectivity index (χ3v) is 5.98. The molecule has 0 amide bonds. The number of aryl methyl sites for hydroxylation is 2. The molecule has 0 aromatic heterocycles. The SMILES string of the molecule is [2H][C@]1(C2=N[C@@H](COC)[C@H](c3ccccc3)O2)OC1(c1ccc(C)cc1)c1ccc(C)cc1. The van der Waals surface area contributed by atoms with Gasteiger partial charge in [-0.1, -0.05) is 90.0 Å². The smallest absolute Gasteiger partial charge is 0.218 e. The molecule has 2 aliphatic heterocycles. The van der Waals surface area contributed by atoms with Crippen LogP contribution in [0.2, 0.25) is 0 Å². The lowest BCUT2D eigenvalue weighted by Gasteiger charge is -2.18. The Kier molecular flexibility index (Phi) is 4.82. The molecule has 2 aliphatic rings. The van der Waals surface area contributed by atoms with Crippen LogP contribution in [-0.2, 0) is 19.8 Å². The van der Waals surface area contributed by atoms with Gasteiger partial charge in [0.1, 0.15) is 12.1 Å². The molecule has 3 aromatic rings. The van der Waals surface area contributed by atoms with Crippen molar-refractivity contribution in [3.05, 3.63) is 107 Å². The first kappa shape index (κ1) is 18.8. The number of benzene rings is 3. The average molecular weight is 415 g/mol. The highest BCUT2D eigenvalue weighted by Crippen LogP contribution is 2.54. The molecule has 2 heterocycles. The number of rotatable bonds is 6. The van der Waals surface area contributed by atoms with Gasteiger partial charge < -0.3 is 14.2 Å². The number of hydrogen-bond acceptors (Lipinski definition) is 4. The van der Waals surface area contributed by atoms with Crippen molar-refractivity contribution in [2.75, 3.05) is 13.7 Å². The van der Waals surface area contributed by atoms with Crippen molar-refractivity contribution in [3.63, 3.8) is 0 Å². The Morgan fingerprint density at radius 1 is 0.903 bits per heavy atom. The lowest BCUT2D eigenvalue weighted by Crippen LogP contribution is -2.22. The summed E-state index contributed by atoms with van der Waals surface area (Å²) in [5.74, 6) is 0.301. The Bertz CT molecular complexity index is 1080. The summed E-state index contributed by atoms with van der Waals surface area (Å²) in [7, 11) is 1.66. The van der Waals surface area contributed by atoms with Crippen LogP contribution in [0.3, 0.4) is 0 Å². The van der Waals surface area contributed by atoms with E-state index in [1.54, 1.807) is 7.11 Å². The van der Waals surface area contributed by atoms with Gasteiger partial charge in [-0.25, -0.2) is 4.99 Å². The molecule has 5 rings (SSSR count). The van der Waals surface area contributed by atoms with E-state index in [0.717, 1.165) is 27.8 Å². The first-order valence-corrected chi connectivity index (χ1v) is 10.6. The molecule has 1 saturated heterocycles. The van der Waals surface area contributed by atoms with E-state index >= 15 is 0 Å². The van der Waals surface area contributed by atoms with Gasteiger partial charge in [0.2, 0.25) is 5.90 Å². The summed E-state index contributed by atoms with van der Waals surface area (Å²) in [6, 6.07) is 26.0. The molecule has 3 aromatic carbocycles. The lowest BCUT2D eigenvalue weighted by molar-refractivity contribution is 0.118. The van der Waals surface area contributed by atoms with Gasteiger partial charge in [0.05, 0.1) is 7.98 Å². The van der Waals surface area contributed by atoms with Crippen LogP contribution in [0.1, 0.15) is 35.3 Å². The quantitative estimate of drug-likeness (QED) is 0.525. The molecule has 31 heavy (non-hydrogen) atoms. The van der Waals surface area contributed by atoms with Crippen LogP contribution in [0.25, 0.3) is 0 Å². The molecule has 0 radical (unpaired) electrons. The lowest BCUT2D eigenvalue weighted by atomic mass is 9.87. The summed E-state index contributed by atoms with van der Waals surface area (Å²) < 4.78 is 27.5. The van der Waals surface area contributed by atoms with Gasteiger partial charge in [-0.3, -0.25) is 0 Å². The maximum atomic E-state index is 9.38. The molecule has 0 N–H and O–H groups in total. The Morgan fingerprint density at radius 3 is 2.03 bits per heavy atom. The van der Waals surface area contributed by atoms with Gasteiger partial charge in [0.15, 0.2) is 11.7 Å². The second-order valence-electron chi connectivity index (χ2n) is 8.25. The minimum absolute atomic E-state index is 0.238. The minimum Gasteiger partial charge on any atom is -0.468 e. The van der Waals surface area contributed by atoms with Crippen molar-refractivity contribution in [2.45, 2.75) is 37.7 Å². The van der Waals surface area contributed by atoms with E-state index in [1.807, 2.05) is 92.7 Å². The van der Waals surface area contributed by atoms with Crippen molar-refractivity contribution in [3.8, 4) is 0 Å². The molecule has 0 spiro atoms. The Labute approximate surface area is 184 Å². The van der Waals surface area contributed by atoms with Crippen LogP contribution in [0, 0.1) is 13.8 Å². The number of epoxide rings is 1. The topological polar surface area (TPSA) is 43.4 Å². The van der Waals surface area contributed by atoms with E-state index in [-0.39, 0.29) is 12.1 Å². The van der Waals surface area contributed by atoms with E-state index in [2.05, 4.69) is 0 Å². The molecule has 4 nitrogen and oxygen atoms in total. The predicted molar refractivity (Wildman–Crippen MR) is 121 cm³/mol. The van der Waals surface area contributed by atoms with E-state index in [0.29, 0.717) is 12.5 Å². The Morgan fingerprint density at radius 2 is 1.48 bits per heavy atom. The van der Waals surface area contributed by atoms with E-state index in [4.69, 9.17) is 19.2 Å². The number of methoxy groups -OCH3 is 1. The first-order valence-electron chi connectivity index (χ1n) is 11.1. The third-order valence-electron chi connectivity index (χ3n) is 5.98. The zero-order chi connectivity index (χ0) is 22.3. The molecule has 0 aliphatic carbocycles. The summed E-state index contributed by atoms with van der Waals surface area (Å²) in [4.78, 5) is 4.81. The Hall–Kier alpha value is -2.95. The number of ether oxygens (including phenoxy) is 3. The van der Waals surface area contributed by atoms with Crippen molar-refractivity contribution in [1.29, 1.82) is 0 Å². The van der Waals surface area contributed by atoms with Gasteiger partial charge in [-0.15, -0.1) is 0 Å². The van der Waals surface area contributed by atoms with Crippen molar-refractivity contribution in [2.24, 2.45) is 4.99 Å². The second kappa shape index (κ2) is 7.95. The minimum atomic E-state index is -1.45. The molecular weight excluding hydrogens is 386 g/mol. The molecule has 0 saturated carbocycles. The van der Waals surface area contributed by atoms with Gasteiger partial charge in [0.25, 0.3) is 0 Å².